The summed E-state index contributed by atoms with van der Waals surface area (Å²) in [5.41, 5.74) is 1.96. The summed E-state index contributed by atoms with van der Waals surface area (Å²) in [5, 5.41) is 11.6. The molecule has 6 heteroatoms. The molecule has 1 aromatic rings. The maximum Gasteiger partial charge on any atom is 0.269 e. The first-order valence-electron chi connectivity index (χ1n) is 6.34. The van der Waals surface area contributed by atoms with Crippen LogP contribution in [0.15, 0.2) is 17.1 Å². The van der Waals surface area contributed by atoms with Crippen molar-refractivity contribution in [3.8, 4) is 23.8 Å². The van der Waals surface area contributed by atoms with Gasteiger partial charge in [-0.05, 0) is 24.1 Å². The number of carbonyl (C=O) groups excluding carboxylic acids is 1. The number of terminal acetylenes is 1. The lowest BCUT2D eigenvalue weighted by molar-refractivity contribution is -0.116. The third-order valence-electron chi connectivity index (χ3n) is 2.99. The molecule has 2 N–H and O–H groups in total. The number of nitrogens with one attached hydrogen (secondary N) is 1. The number of aryl methyl sites for hydroxylation is 1. The monoisotopic (exact) mass is 288 g/mol. The number of rotatable bonds is 5. The number of carbonyl (C=O) groups is 1. The number of methoxy groups -OCH3 is 1. The molecular formula is C15H16N2O4. The van der Waals surface area contributed by atoms with E-state index in [1.807, 2.05) is 13.0 Å². The summed E-state index contributed by atoms with van der Waals surface area (Å²) >= 11 is 0. The van der Waals surface area contributed by atoms with Gasteiger partial charge in [-0.3, -0.25) is 4.79 Å². The summed E-state index contributed by atoms with van der Waals surface area (Å²) in [5.74, 6) is 3.15. The summed E-state index contributed by atoms with van der Waals surface area (Å²) in [6.07, 6.45) is 4.33. The Balaban J connectivity index is 2.26. The molecule has 1 atom stereocenters. The number of aliphatic hydroxyl groups is 1. The molecule has 0 saturated carbocycles. The minimum Gasteiger partial charge on any atom is -0.493 e. The van der Waals surface area contributed by atoms with Gasteiger partial charge in [-0.15, -0.1) is 6.42 Å². The van der Waals surface area contributed by atoms with Crippen LogP contribution in [0, 0.1) is 19.3 Å². The van der Waals surface area contributed by atoms with Gasteiger partial charge in [0.1, 0.15) is 12.3 Å². The predicted octanol–water partition coefficient (Wildman–Crippen LogP) is 0.405. The molecule has 0 bridgehead atoms. The van der Waals surface area contributed by atoms with Gasteiger partial charge in [0.05, 0.1) is 7.11 Å². The van der Waals surface area contributed by atoms with Crippen molar-refractivity contribution in [3.63, 3.8) is 0 Å². The van der Waals surface area contributed by atoms with Crippen molar-refractivity contribution >= 4 is 11.6 Å². The van der Waals surface area contributed by atoms with Gasteiger partial charge in [0.15, 0.2) is 11.5 Å². The molecule has 1 amide bonds. The maximum atomic E-state index is 11.6. The molecule has 0 fully saturated rings. The van der Waals surface area contributed by atoms with Crippen LogP contribution in [0.4, 0.5) is 0 Å². The number of aliphatic hydroxyl groups excluding tert-OH is 1. The molecule has 1 heterocycles. The lowest BCUT2D eigenvalue weighted by Crippen LogP contribution is -2.29. The van der Waals surface area contributed by atoms with Gasteiger partial charge in [-0.2, -0.15) is 0 Å². The van der Waals surface area contributed by atoms with Crippen molar-refractivity contribution in [3.05, 3.63) is 23.3 Å². The second-order valence-corrected chi connectivity index (χ2v) is 4.54. The molecule has 0 spiro atoms. The molecule has 21 heavy (non-hydrogen) atoms. The average molecular weight is 288 g/mol. The highest BCUT2D eigenvalue weighted by molar-refractivity contribution is 6.40. The van der Waals surface area contributed by atoms with E-state index in [0.717, 1.165) is 11.1 Å². The molecule has 6 nitrogen and oxygen atoms in total. The minimum absolute atomic E-state index is 0.151. The molecule has 1 aliphatic heterocycles. The highest BCUT2D eigenvalue weighted by atomic mass is 16.5. The average Bonchev–Trinajstić information content (AvgIpc) is 2.75. The normalized spacial score (nSPS) is 17.0. The van der Waals surface area contributed by atoms with Crippen molar-refractivity contribution in [1.82, 2.24) is 5.32 Å². The van der Waals surface area contributed by atoms with Crippen molar-refractivity contribution in [1.29, 1.82) is 0 Å². The van der Waals surface area contributed by atoms with Gasteiger partial charge >= 0.3 is 0 Å². The topological polar surface area (TPSA) is 80.2 Å². The van der Waals surface area contributed by atoms with Crippen molar-refractivity contribution < 1.29 is 19.4 Å². The van der Waals surface area contributed by atoms with Crippen LogP contribution in [-0.4, -0.2) is 36.8 Å². The fourth-order valence-corrected chi connectivity index (χ4v) is 2.12. The number of amides is 1. The summed E-state index contributed by atoms with van der Waals surface area (Å²) in [6, 6.07) is 3.63. The molecule has 110 valence electrons. The molecular weight excluding hydrogens is 272 g/mol. The van der Waals surface area contributed by atoms with Crippen LogP contribution >= 0.6 is 0 Å². The zero-order chi connectivity index (χ0) is 15.4. The van der Waals surface area contributed by atoms with E-state index < -0.39 is 6.35 Å². The SMILES string of the molecule is C#CCOc1c(C)cc(CC2=NC(O)NC2=O)cc1OC. The van der Waals surface area contributed by atoms with Gasteiger partial charge < -0.3 is 19.9 Å². The molecule has 2 rings (SSSR count). The smallest absolute Gasteiger partial charge is 0.269 e. The third-order valence-corrected chi connectivity index (χ3v) is 2.99. The van der Waals surface area contributed by atoms with E-state index in [-0.39, 0.29) is 18.2 Å². The first kappa shape index (κ1) is 14.9. The van der Waals surface area contributed by atoms with Crippen LogP contribution in [0.1, 0.15) is 11.1 Å². The summed E-state index contributed by atoms with van der Waals surface area (Å²) in [6.45, 7) is 2.01. The molecule has 0 aliphatic carbocycles. The highest BCUT2D eigenvalue weighted by Crippen LogP contribution is 2.32. The number of aliphatic imine (C=N–C) groups is 1. The molecule has 0 saturated heterocycles. The van der Waals surface area contributed by atoms with E-state index >= 15 is 0 Å². The zero-order valence-electron chi connectivity index (χ0n) is 11.8. The Hall–Kier alpha value is -2.52. The van der Waals surface area contributed by atoms with E-state index in [1.165, 1.54) is 7.11 Å². The molecule has 0 radical (unpaired) electrons. The molecule has 0 aromatic heterocycles. The van der Waals surface area contributed by atoms with Crippen LogP contribution in [-0.2, 0) is 11.2 Å². The summed E-state index contributed by atoms with van der Waals surface area (Å²) in [7, 11) is 1.53. The lowest BCUT2D eigenvalue weighted by Gasteiger charge is -2.13. The van der Waals surface area contributed by atoms with Crippen molar-refractivity contribution in [2.24, 2.45) is 4.99 Å². The van der Waals surface area contributed by atoms with E-state index in [9.17, 15) is 9.90 Å². The number of hydrogen-bond donors (Lipinski definition) is 2. The van der Waals surface area contributed by atoms with Crippen LogP contribution in [0.25, 0.3) is 0 Å². The van der Waals surface area contributed by atoms with Crippen LogP contribution < -0.4 is 14.8 Å². The Morgan fingerprint density at radius 2 is 2.29 bits per heavy atom. The Kier molecular flexibility index (Phi) is 4.45. The standard InChI is InChI=1S/C15H16N2O4/c1-4-5-21-13-9(2)6-10(8-12(13)20-3)7-11-14(18)17-15(19)16-11/h1,6,8,15,19H,5,7H2,2-3H3,(H,17,18). The summed E-state index contributed by atoms with van der Waals surface area (Å²) in [4.78, 5) is 15.4. The van der Waals surface area contributed by atoms with Crippen molar-refractivity contribution in [2.45, 2.75) is 19.7 Å². The van der Waals surface area contributed by atoms with Crippen LogP contribution in [0.2, 0.25) is 0 Å². The maximum absolute atomic E-state index is 11.6. The van der Waals surface area contributed by atoms with Crippen LogP contribution in [0.5, 0.6) is 11.5 Å². The number of benzene rings is 1. The fourth-order valence-electron chi connectivity index (χ4n) is 2.12. The second-order valence-electron chi connectivity index (χ2n) is 4.54. The van der Waals surface area contributed by atoms with Gasteiger partial charge in [0.25, 0.3) is 5.91 Å². The predicted molar refractivity (Wildman–Crippen MR) is 77.3 cm³/mol. The van der Waals surface area contributed by atoms with E-state index in [2.05, 4.69) is 16.2 Å². The lowest BCUT2D eigenvalue weighted by atomic mass is 10.0. The number of nitrogens with zero attached hydrogens (tertiary/aromatic N) is 1. The molecule has 1 unspecified atom stereocenters. The van der Waals surface area contributed by atoms with Gasteiger partial charge in [0.2, 0.25) is 6.35 Å². The van der Waals surface area contributed by atoms with Crippen molar-refractivity contribution in [2.75, 3.05) is 13.7 Å². The summed E-state index contributed by atoms with van der Waals surface area (Å²) < 4.78 is 10.8. The zero-order valence-corrected chi connectivity index (χ0v) is 11.8. The third kappa shape index (κ3) is 3.33. The first-order valence-corrected chi connectivity index (χ1v) is 6.34. The van der Waals surface area contributed by atoms with Gasteiger partial charge in [-0.1, -0.05) is 12.0 Å². The minimum atomic E-state index is -1.16. The van der Waals surface area contributed by atoms with E-state index in [4.69, 9.17) is 15.9 Å². The first-order chi connectivity index (χ1) is 10.0. The Morgan fingerprint density at radius 3 is 2.86 bits per heavy atom. The van der Waals surface area contributed by atoms with Gasteiger partial charge in [-0.25, -0.2) is 4.99 Å². The Morgan fingerprint density at radius 1 is 1.52 bits per heavy atom. The largest absolute Gasteiger partial charge is 0.493 e. The Bertz CT molecular complexity index is 631. The molecule has 1 aromatic carbocycles. The number of ether oxygens (including phenoxy) is 2. The fraction of sp³-hybridized carbons (Fsp3) is 0.333. The molecule has 1 aliphatic rings. The number of hydrogen-bond acceptors (Lipinski definition) is 5. The van der Waals surface area contributed by atoms with Crippen LogP contribution in [0.3, 0.4) is 0 Å². The van der Waals surface area contributed by atoms with E-state index in [1.54, 1.807) is 6.07 Å². The highest BCUT2D eigenvalue weighted by Gasteiger charge is 2.23. The van der Waals surface area contributed by atoms with E-state index in [0.29, 0.717) is 17.9 Å². The quantitative estimate of drug-likeness (QED) is 0.769. The second kappa shape index (κ2) is 6.29. The Labute approximate surface area is 122 Å². The van der Waals surface area contributed by atoms with Gasteiger partial charge in [0, 0.05) is 6.42 Å².